The second-order valence-electron chi connectivity index (χ2n) is 2.48. The first-order chi connectivity index (χ1) is 6.31. The van der Waals surface area contributed by atoms with Gasteiger partial charge in [-0.25, -0.2) is 4.79 Å². The molecule has 1 N–H and O–H groups in total. The van der Waals surface area contributed by atoms with Crippen LogP contribution in [0.1, 0.15) is 19.8 Å². The smallest absolute Gasteiger partial charge is 0.409 e. The minimum absolute atomic E-state index is 0.0168. The van der Waals surface area contributed by atoms with Crippen molar-refractivity contribution in [1.29, 1.82) is 0 Å². The summed E-state index contributed by atoms with van der Waals surface area (Å²) in [6.07, 6.45) is 3.16. The van der Waals surface area contributed by atoms with Crippen molar-refractivity contribution in [2.75, 3.05) is 19.9 Å². The van der Waals surface area contributed by atoms with E-state index in [1.807, 2.05) is 0 Å². The van der Waals surface area contributed by atoms with Crippen molar-refractivity contribution in [3.8, 4) is 0 Å². The Kier molecular flexibility index (Phi) is 8.34. The Morgan fingerprint density at radius 2 is 2.38 bits per heavy atom. The van der Waals surface area contributed by atoms with Crippen LogP contribution in [0.2, 0.25) is 0 Å². The summed E-state index contributed by atoms with van der Waals surface area (Å²) in [7, 11) is 0. The SMILES string of the molecule is C=CCNC(=O)OCOCCCC. The minimum atomic E-state index is -0.476. The van der Waals surface area contributed by atoms with E-state index in [9.17, 15) is 4.79 Å². The van der Waals surface area contributed by atoms with Gasteiger partial charge in [0.05, 0.1) is 6.61 Å². The van der Waals surface area contributed by atoms with Crippen LogP contribution in [-0.4, -0.2) is 26.0 Å². The predicted molar refractivity (Wildman–Crippen MR) is 50.4 cm³/mol. The van der Waals surface area contributed by atoms with Crippen LogP contribution < -0.4 is 5.32 Å². The maximum absolute atomic E-state index is 10.8. The molecule has 0 atom stereocenters. The Hall–Kier alpha value is -1.03. The molecule has 0 aliphatic rings. The fraction of sp³-hybridized carbons (Fsp3) is 0.667. The molecular weight excluding hydrogens is 170 g/mol. The lowest BCUT2D eigenvalue weighted by Gasteiger charge is -2.05. The van der Waals surface area contributed by atoms with Crippen LogP contribution >= 0.6 is 0 Å². The molecule has 4 heteroatoms. The number of amides is 1. The number of rotatable bonds is 7. The molecule has 0 bridgehead atoms. The van der Waals surface area contributed by atoms with Gasteiger partial charge < -0.3 is 14.8 Å². The molecule has 0 saturated carbocycles. The zero-order chi connectivity index (χ0) is 9.94. The van der Waals surface area contributed by atoms with Crippen LogP contribution in [0.4, 0.5) is 4.79 Å². The number of carbonyl (C=O) groups is 1. The van der Waals surface area contributed by atoms with Crippen molar-refractivity contribution in [2.24, 2.45) is 0 Å². The van der Waals surface area contributed by atoms with Gasteiger partial charge in [0.1, 0.15) is 0 Å². The fourth-order valence-corrected chi connectivity index (χ4v) is 0.607. The van der Waals surface area contributed by atoms with Crippen LogP contribution in [0.25, 0.3) is 0 Å². The second-order valence-corrected chi connectivity index (χ2v) is 2.48. The molecule has 76 valence electrons. The molecule has 0 aliphatic heterocycles. The van der Waals surface area contributed by atoms with Crippen molar-refractivity contribution in [2.45, 2.75) is 19.8 Å². The van der Waals surface area contributed by atoms with E-state index < -0.39 is 6.09 Å². The molecule has 0 fully saturated rings. The third-order valence-corrected chi connectivity index (χ3v) is 1.31. The molecule has 0 saturated heterocycles. The Labute approximate surface area is 78.9 Å². The van der Waals surface area contributed by atoms with Gasteiger partial charge in [0.2, 0.25) is 0 Å². The molecule has 0 radical (unpaired) electrons. The van der Waals surface area contributed by atoms with E-state index in [2.05, 4.69) is 23.6 Å². The van der Waals surface area contributed by atoms with Crippen molar-refractivity contribution in [3.63, 3.8) is 0 Å². The van der Waals surface area contributed by atoms with Crippen LogP contribution in [-0.2, 0) is 9.47 Å². The molecule has 0 aliphatic carbocycles. The average Bonchev–Trinajstić information content (AvgIpc) is 2.14. The summed E-state index contributed by atoms with van der Waals surface area (Å²) >= 11 is 0. The number of hydrogen-bond donors (Lipinski definition) is 1. The lowest BCUT2D eigenvalue weighted by atomic mass is 10.4. The van der Waals surface area contributed by atoms with Crippen molar-refractivity contribution in [1.82, 2.24) is 5.32 Å². The Bertz CT molecular complexity index is 148. The largest absolute Gasteiger partial charge is 0.422 e. The van der Waals surface area contributed by atoms with Crippen molar-refractivity contribution < 1.29 is 14.3 Å². The van der Waals surface area contributed by atoms with Gasteiger partial charge in [-0.3, -0.25) is 0 Å². The highest BCUT2D eigenvalue weighted by molar-refractivity contribution is 5.67. The molecule has 0 aromatic heterocycles. The molecule has 0 aromatic carbocycles. The third kappa shape index (κ3) is 8.88. The Morgan fingerprint density at radius 1 is 1.62 bits per heavy atom. The first kappa shape index (κ1) is 12.0. The van der Waals surface area contributed by atoms with Gasteiger partial charge in [-0.15, -0.1) is 6.58 Å². The summed E-state index contributed by atoms with van der Waals surface area (Å²) in [6, 6.07) is 0. The van der Waals surface area contributed by atoms with E-state index in [4.69, 9.17) is 4.74 Å². The van der Waals surface area contributed by atoms with Gasteiger partial charge in [-0.05, 0) is 6.42 Å². The number of nitrogens with one attached hydrogen (secondary N) is 1. The number of unbranched alkanes of at least 4 members (excludes halogenated alkanes) is 1. The normalized spacial score (nSPS) is 9.31. The van der Waals surface area contributed by atoms with Gasteiger partial charge in [0.15, 0.2) is 6.79 Å². The number of ether oxygens (including phenoxy) is 2. The highest BCUT2D eigenvalue weighted by Gasteiger charge is 1.97. The maximum Gasteiger partial charge on any atom is 0.409 e. The fourth-order valence-electron chi connectivity index (χ4n) is 0.607. The Balaban J connectivity index is 3.12. The van der Waals surface area contributed by atoms with Gasteiger partial charge >= 0.3 is 6.09 Å². The van der Waals surface area contributed by atoms with Crippen molar-refractivity contribution in [3.05, 3.63) is 12.7 Å². The highest BCUT2D eigenvalue weighted by Crippen LogP contribution is 1.88. The van der Waals surface area contributed by atoms with E-state index in [1.165, 1.54) is 0 Å². The molecule has 0 aromatic rings. The predicted octanol–water partition coefficient (Wildman–Crippen LogP) is 1.67. The summed E-state index contributed by atoms with van der Waals surface area (Å²) in [5, 5.41) is 2.46. The number of hydrogen-bond acceptors (Lipinski definition) is 3. The van der Waals surface area contributed by atoms with Gasteiger partial charge in [-0.2, -0.15) is 0 Å². The first-order valence-corrected chi connectivity index (χ1v) is 4.40. The highest BCUT2D eigenvalue weighted by atomic mass is 16.7. The summed E-state index contributed by atoms with van der Waals surface area (Å²) in [6.45, 7) is 6.58. The van der Waals surface area contributed by atoms with Gasteiger partial charge in [-0.1, -0.05) is 19.4 Å². The number of alkyl carbamates (subject to hydrolysis) is 1. The maximum atomic E-state index is 10.8. The molecule has 4 nitrogen and oxygen atoms in total. The lowest BCUT2D eigenvalue weighted by molar-refractivity contribution is -0.0156. The van der Waals surface area contributed by atoms with Crippen LogP contribution in [0.15, 0.2) is 12.7 Å². The van der Waals surface area contributed by atoms with E-state index >= 15 is 0 Å². The summed E-state index contributed by atoms with van der Waals surface area (Å²) in [5.41, 5.74) is 0. The number of carbonyl (C=O) groups excluding carboxylic acids is 1. The molecular formula is C9H17NO3. The lowest BCUT2D eigenvalue weighted by Crippen LogP contribution is -2.25. The average molecular weight is 187 g/mol. The van der Waals surface area contributed by atoms with Crippen LogP contribution in [0.5, 0.6) is 0 Å². The quantitative estimate of drug-likeness (QED) is 0.374. The zero-order valence-corrected chi connectivity index (χ0v) is 8.04. The standard InChI is InChI=1S/C9H17NO3/c1-3-5-7-12-8-13-9(11)10-6-4-2/h4H,2-3,5-8H2,1H3,(H,10,11). The summed E-state index contributed by atoms with van der Waals surface area (Å²) in [5.74, 6) is 0. The van der Waals surface area contributed by atoms with E-state index in [0.717, 1.165) is 12.8 Å². The third-order valence-electron chi connectivity index (χ3n) is 1.31. The molecule has 0 spiro atoms. The van der Waals surface area contributed by atoms with Gasteiger partial charge in [0, 0.05) is 6.54 Å². The molecule has 0 unspecified atom stereocenters. The van der Waals surface area contributed by atoms with E-state index in [-0.39, 0.29) is 6.79 Å². The molecule has 1 amide bonds. The van der Waals surface area contributed by atoms with Gasteiger partial charge in [0.25, 0.3) is 0 Å². The molecule has 13 heavy (non-hydrogen) atoms. The Morgan fingerprint density at radius 3 is 3.00 bits per heavy atom. The summed E-state index contributed by atoms with van der Waals surface area (Å²) in [4.78, 5) is 10.8. The van der Waals surface area contributed by atoms with E-state index in [0.29, 0.717) is 13.2 Å². The molecule has 0 heterocycles. The monoisotopic (exact) mass is 187 g/mol. The second kappa shape index (κ2) is 9.06. The summed E-state index contributed by atoms with van der Waals surface area (Å²) < 4.78 is 9.69. The first-order valence-electron chi connectivity index (χ1n) is 4.40. The molecule has 0 rings (SSSR count). The van der Waals surface area contributed by atoms with Crippen molar-refractivity contribution >= 4 is 6.09 Å². The topological polar surface area (TPSA) is 47.6 Å². The van der Waals surface area contributed by atoms with E-state index in [1.54, 1.807) is 6.08 Å². The van der Waals surface area contributed by atoms with Crippen LogP contribution in [0, 0.1) is 0 Å². The minimum Gasteiger partial charge on any atom is -0.422 e. The zero-order valence-electron chi connectivity index (χ0n) is 8.04. The van der Waals surface area contributed by atoms with Crippen LogP contribution in [0.3, 0.4) is 0 Å².